The van der Waals surface area contributed by atoms with E-state index in [1.54, 1.807) is 0 Å². The summed E-state index contributed by atoms with van der Waals surface area (Å²) in [6.45, 7) is 17.8. The van der Waals surface area contributed by atoms with Crippen LogP contribution in [0.4, 0.5) is 0 Å². The van der Waals surface area contributed by atoms with E-state index in [9.17, 15) is 0 Å². The Kier molecular flexibility index (Phi) is 4.81. The topological polar surface area (TPSA) is 29.3 Å². The molecule has 21 heavy (non-hydrogen) atoms. The Morgan fingerprint density at radius 3 is 1.81 bits per heavy atom. The van der Waals surface area contributed by atoms with Crippen LogP contribution in [-0.4, -0.2) is 30.1 Å². The first-order chi connectivity index (χ1) is 9.58. The second-order valence-electron chi connectivity index (χ2n) is 9.87. The molecular formula is C19H38N2. The molecule has 0 spiro atoms. The van der Waals surface area contributed by atoms with Crippen LogP contribution >= 0.6 is 0 Å². The van der Waals surface area contributed by atoms with Gasteiger partial charge >= 0.3 is 0 Å². The predicted octanol–water partition coefficient (Wildman–Crippen LogP) is 4.29. The van der Waals surface area contributed by atoms with Crippen LogP contribution in [-0.2, 0) is 0 Å². The summed E-state index contributed by atoms with van der Waals surface area (Å²) in [6.07, 6.45) is 6.69. The molecule has 2 N–H and O–H groups in total. The molecule has 124 valence electrons. The molecule has 0 aromatic rings. The molecule has 1 saturated carbocycles. The minimum Gasteiger partial charge on any atom is -0.329 e. The number of hydrogen-bond donors (Lipinski definition) is 1. The smallest absolute Gasteiger partial charge is 0.0332 e. The van der Waals surface area contributed by atoms with E-state index in [1.807, 2.05) is 0 Å². The van der Waals surface area contributed by atoms with Gasteiger partial charge in [0.25, 0.3) is 0 Å². The number of likely N-dealkylation sites (tertiary alicyclic amines) is 1. The first kappa shape index (κ1) is 17.3. The maximum Gasteiger partial charge on any atom is 0.0332 e. The highest BCUT2D eigenvalue weighted by atomic mass is 15.2. The molecule has 2 heteroatoms. The minimum absolute atomic E-state index is 0.307. The zero-order valence-electron chi connectivity index (χ0n) is 15.3. The van der Waals surface area contributed by atoms with Crippen molar-refractivity contribution in [3.63, 3.8) is 0 Å². The molecule has 1 unspecified atom stereocenters. The number of nitrogens with two attached hydrogens (primary N) is 1. The van der Waals surface area contributed by atoms with Gasteiger partial charge in [0.15, 0.2) is 0 Å². The van der Waals surface area contributed by atoms with Crippen LogP contribution < -0.4 is 5.73 Å². The molecule has 2 rings (SSSR count). The van der Waals surface area contributed by atoms with Crippen molar-refractivity contribution >= 4 is 0 Å². The summed E-state index contributed by atoms with van der Waals surface area (Å²) in [7, 11) is 0. The average molecular weight is 295 g/mol. The molecule has 0 radical (unpaired) electrons. The van der Waals surface area contributed by atoms with E-state index in [-0.39, 0.29) is 0 Å². The summed E-state index contributed by atoms with van der Waals surface area (Å²) < 4.78 is 0. The summed E-state index contributed by atoms with van der Waals surface area (Å²) in [5.74, 6) is 1.71. The molecule has 2 aliphatic rings. The van der Waals surface area contributed by atoms with Crippen LogP contribution in [0.3, 0.4) is 0 Å². The van der Waals surface area contributed by atoms with E-state index >= 15 is 0 Å². The fraction of sp³-hybridized carbons (Fsp3) is 1.00. The van der Waals surface area contributed by atoms with Crippen molar-refractivity contribution < 1.29 is 0 Å². The Bertz CT molecular complexity index is 340. The molecule has 0 aromatic heterocycles. The lowest BCUT2D eigenvalue weighted by atomic mass is 9.67. The number of nitrogens with zero attached hydrogens (tertiary/aromatic N) is 1. The summed E-state index contributed by atoms with van der Waals surface area (Å²) in [5.41, 5.74) is 7.49. The molecule has 0 bridgehead atoms. The van der Waals surface area contributed by atoms with Crippen molar-refractivity contribution in [1.82, 2.24) is 4.90 Å². The van der Waals surface area contributed by atoms with E-state index in [4.69, 9.17) is 5.73 Å². The number of rotatable bonds is 2. The molecule has 1 saturated heterocycles. The van der Waals surface area contributed by atoms with E-state index in [1.165, 1.54) is 45.2 Å². The fourth-order valence-electron chi connectivity index (χ4n) is 4.57. The third-order valence-corrected chi connectivity index (χ3v) is 6.60. The lowest BCUT2D eigenvalue weighted by Gasteiger charge is -2.49. The molecular weight excluding hydrogens is 256 g/mol. The van der Waals surface area contributed by atoms with Gasteiger partial charge in [0, 0.05) is 18.6 Å². The van der Waals surface area contributed by atoms with Gasteiger partial charge in [-0.15, -0.1) is 0 Å². The van der Waals surface area contributed by atoms with Crippen molar-refractivity contribution in [3.05, 3.63) is 0 Å². The standard InChI is InChI=1S/C19H38N2/c1-17(2,3)15-7-10-19(14-20,11-8-15)21-12-9-16(13-21)18(4,5)6/h15-16H,7-14,20H2,1-6H3. The van der Waals surface area contributed by atoms with Crippen molar-refractivity contribution in [3.8, 4) is 0 Å². The molecule has 1 atom stereocenters. The van der Waals surface area contributed by atoms with Crippen LogP contribution in [0, 0.1) is 22.7 Å². The first-order valence-corrected chi connectivity index (χ1v) is 9.04. The summed E-state index contributed by atoms with van der Waals surface area (Å²) in [5, 5.41) is 0. The van der Waals surface area contributed by atoms with E-state index in [2.05, 4.69) is 46.4 Å². The minimum atomic E-state index is 0.307. The largest absolute Gasteiger partial charge is 0.329 e. The highest BCUT2D eigenvalue weighted by molar-refractivity contribution is 5.01. The van der Waals surface area contributed by atoms with Gasteiger partial charge in [0.1, 0.15) is 0 Å². The van der Waals surface area contributed by atoms with Gasteiger partial charge in [-0.1, -0.05) is 41.5 Å². The van der Waals surface area contributed by atoms with E-state index < -0.39 is 0 Å². The molecule has 2 nitrogen and oxygen atoms in total. The summed E-state index contributed by atoms with van der Waals surface area (Å²) in [4.78, 5) is 2.77. The van der Waals surface area contributed by atoms with Crippen molar-refractivity contribution in [2.45, 2.75) is 79.2 Å². The second kappa shape index (κ2) is 5.85. The summed E-state index contributed by atoms with van der Waals surface area (Å²) >= 11 is 0. The maximum atomic E-state index is 6.29. The first-order valence-electron chi connectivity index (χ1n) is 9.04. The van der Waals surface area contributed by atoms with Crippen LogP contribution in [0.1, 0.15) is 73.6 Å². The van der Waals surface area contributed by atoms with Crippen molar-refractivity contribution in [2.75, 3.05) is 19.6 Å². The van der Waals surface area contributed by atoms with Gasteiger partial charge < -0.3 is 5.73 Å². The predicted molar refractivity (Wildman–Crippen MR) is 92.3 cm³/mol. The van der Waals surface area contributed by atoms with Gasteiger partial charge in [-0.25, -0.2) is 0 Å². The fourth-order valence-corrected chi connectivity index (χ4v) is 4.57. The van der Waals surface area contributed by atoms with Gasteiger partial charge in [-0.3, -0.25) is 4.90 Å². The van der Waals surface area contributed by atoms with Gasteiger partial charge in [0.05, 0.1) is 0 Å². The van der Waals surface area contributed by atoms with E-state index in [0.29, 0.717) is 16.4 Å². The molecule has 0 aromatic carbocycles. The lowest BCUT2D eigenvalue weighted by molar-refractivity contribution is 0.0305. The van der Waals surface area contributed by atoms with Crippen LogP contribution in [0.15, 0.2) is 0 Å². The summed E-state index contributed by atoms with van der Waals surface area (Å²) in [6, 6.07) is 0. The van der Waals surface area contributed by atoms with Gasteiger partial charge in [-0.2, -0.15) is 0 Å². The Balaban J connectivity index is 2.01. The highest BCUT2D eigenvalue weighted by Crippen LogP contribution is 2.46. The lowest BCUT2D eigenvalue weighted by Crippen LogP contribution is -2.55. The van der Waals surface area contributed by atoms with Crippen LogP contribution in [0.2, 0.25) is 0 Å². The Labute approximate surface area is 132 Å². The van der Waals surface area contributed by atoms with E-state index in [0.717, 1.165) is 18.4 Å². The SMILES string of the molecule is CC(C)(C)C1CCC(CN)(N2CCC(C(C)(C)C)C2)CC1. The Hall–Kier alpha value is -0.0800. The second-order valence-corrected chi connectivity index (χ2v) is 9.87. The third-order valence-electron chi connectivity index (χ3n) is 6.60. The van der Waals surface area contributed by atoms with Crippen LogP contribution in [0.5, 0.6) is 0 Å². The average Bonchev–Trinajstić information content (AvgIpc) is 2.87. The molecule has 1 aliphatic heterocycles. The molecule has 1 aliphatic carbocycles. The Morgan fingerprint density at radius 1 is 0.905 bits per heavy atom. The molecule has 0 amide bonds. The van der Waals surface area contributed by atoms with Crippen molar-refractivity contribution in [1.29, 1.82) is 0 Å². The quantitative estimate of drug-likeness (QED) is 0.823. The normalized spacial score (nSPS) is 36.1. The maximum absolute atomic E-state index is 6.29. The Morgan fingerprint density at radius 2 is 1.43 bits per heavy atom. The monoisotopic (exact) mass is 294 g/mol. The van der Waals surface area contributed by atoms with Crippen molar-refractivity contribution in [2.24, 2.45) is 28.4 Å². The highest BCUT2D eigenvalue weighted by Gasteiger charge is 2.45. The van der Waals surface area contributed by atoms with Crippen LogP contribution in [0.25, 0.3) is 0 Å². The molecule has 2 fully saturated rings. The zero-order chi connectivity index (χ0) is 15.9. The third kappa shape index (κ3) is 3.64. The van der Waals surface area contributed by atoms with Gasteiger partial charge in [-0.05, 0) is 61.3 Å². The van der Waals surface area contributed by atoms with Gasteiger partial charge in [0.2, 0.25) is 0 Å². The number of hydrogen-bond acceptors (Lipinski definition) is 2. The molecule has 1 heterocycles. The zero-order valence-corrected chi connectivity index (χ0v) is 15.3.